The highest BCUT2D eigenvalue weighted by Crippen LogP contribution is 2.43. The standard InChI is InChI=1S/C21H21N/c1-14-18-9-5-3-7-16(18)11-12-19(14)20-13-17-8-4-6-10-21(17)22-15(20)2/h3-10,13-14,19H,11-12H2,1-2H3/t14-,19?/m1/s1. The minimum Gasteiger partial charge on any atom is -0.253 e. The smallest absolute Gasteiger partial charge is 0.0705 e. The zero-order valence-electron chi connectivity index (χ0n) is 13.2. The fraction of sp³-hybridized carbons (Fsp3) is 0.286. The number of rotatable bonds is 1. The lowest BCUT2D eigenvalue weighted by molar-refractivity contribution is 0.499. The maximum Gasteiger partial charge on any atom is 0.0705 e. The van der Waals surface area contributed by atoms with E-state index in [-0.39, 0.29) is 0 Å². The van der Waals surface area contributed by atoms with Gasteiger partial charge in [-0.2, -0.15) is 0 Å². The lowest BCUT2D eigenvalue weighted by atomic mass is 9.72. The van der Waals surface area contributed by atoms with Gasteiger partial charge in [-0.25, -0.2) is 0 Å². The number of pyridine rings is 1. The highest BCUT2D eigenvalue weighted by molar-refractivity contribution is 5.79. The molecule has 1 aromatic heterocycles. The van der Waals surface area contributed by atoms with Crippen molar-refractivity contribution in [3.63, 3.8) is 0 Å². The number of benzene rings is 2. The Balaban J connectivity index is 1.81. The Kier molecular flexibility index (Phi) is 3.22. The van der Waals surface area contributed by atoms with Crippen molar-refractivity contribution in [1.82, 2.24) is 4.98 Å². The van der Waals surface area contributed by atoms with Crippen LogP contribution in [0.15, 0.2) is 54.6 Å². The molecular weight excluding hydrogens is 266 g/mol. The van der Waals surface area contributed by atoms with E-state index in [4.69, 9.17) is 4.98 Å². The Morgan fingerprint density at radius 2 is 1.73 bits per heavy atom. The number of hydrogen-bond donors (Lipinski definition) is 0. The van der Waals surface area contributed by atoms with Crippen molar-refractivity contribution < 1.29 is 0 Å². The fourth-order valence-corrected chi connectivity index (χ4v) is 4.01. The summed E-state index contributed by atoms with van der Waals surface area (Å²) in [6.45, 7) is 4.53. The van der Waals surface area contributed by atoms with Crippen LogP contribution < -0.4 is 0 Å². The van der Waals surface area contributed by atoms with E-state index >= 15 is 0 Å². The Morgan fingerprint density at radius 3 is 2.64 bits per heavy atom. The van der Waals surface area contributed by atoms with E-state index in [1.54, 1.807) is 0 Å². The molecular formula is C21H21N. The molecule has 0 N–H and O–H groups in total. The summed E-state index contributed by atoms with van der Waals surface area (Å²) in [5.74, 6) is 1.14. The summed E-state index contributed by atoms with van der Waals surface area (Å²) in [4.78, 5) is 4.84. The van der Waals surface area contributed by atoms with Crippen LogP contribution in [0.25, 0.3) is 10.9 Å². The summed E-state index contributed by atoms with van der Waals surface area (Å²) in [5, 5.41) is 1.26. The van der Waals surface area contributed by atoms with Gasteiger partial charge in [-0.15, -0.1) is 0 Å². The second kappa shape index (κ2) is 5.24. The first-order valence-electron chi connectivity index (χ1n) is 8.18. The highest BCUT2D eigenvalue weighted by atomic mass is 14.7. The molecule has 1 aliphatic carbocycles. The molecule has 110 valence electrons. The van der Waals surface area contributed by atoms with E-state index in [1.807, 2.05) is 0 Å². The predicted molar refractivity (Wildman–Crippen MR) is 92.4 cm³/mol. The van der Waals surface area contributed by atoms with Crippen LogP contribution in [0.4, 0.5) is 0 Å². The third-order valence-corrected chi connectivity index (χ3v) is 5.23. The molecule has 1 heterocycles. The third kappa shape index (κ3) is 2.12. The van der Waals surface area contributed by atoms with Crippen LogP contribution in [-0.2, 0) is 6.42 Å². The van der Waals surface area contributed by atoms with Gasteiger partial charge in [0.2, 0.25) is 0 Å². The third-order valence-electron chi connectivity index (χ3n) is 5.23. The molecule has 0 spiro atoms. The molecule has 4 rings (SSSR count). The first-order chi connectivity index (χ1) is 10.7. The van der Waals surface area contributed by atoms with E-state index in [0.717, 1.165) is 5.52 Å². The number of nitrogens with zero attached hydrogens (tertiary/aromatic N) is 1. The van der Waals surface area contributed by atoms with Crippen molar-refractivity contribution in [2.24, 2.45) is 0 Å². The van der Waals surface area contributed by atoms with Gasteiger partial charge in [0.05, 0.1) is 5.52 Å². The zero-order chi connectivity index (χ0) is 15.1. The van der Waals surface area contributed by atoms with E-state index in [2.05, 4.69) is 68.4 Å². The molecule has 0 bridgehead atoms. The molecule has 0 radical (unpaired) electrons. The second-order valence-corrected chi connectivity index (χ2v) is 6.49. The van der Waals surface area contributed by atoms with Crippen LogP contribution in [0, 0.1) is 6.92 Å². The molecule has 0 saturated heterocycles. The number of para-hydroxylation sites is 1. The summed E-state index contributed by atoms with van der Waals surface area (Å²) in [5.41, 5.74) is 6.77. The Hall–Kier alpha value is -2.15. The van der Waals surface area contributed by atoms with Crippen molar-refractivity contribution >= 4 is 10.9 Å². The van der Waals surface area contributed by atoms with Gasteiger partial charge in [-0.05, 0) is 60.4 Å². The van der Waals surface area contributed by atoms with Crippen molar-refractivity contribution in [3.8, 4) is 0 Å². The van der Waals surface area contributed by atoms with Gasteiger partial charge >= 0.3 is 0 Å². The van der Waals surface area contributed by atoms with Crippen molar-refractivity contribution in [1.29, 1.82) is 0 Å². The van der Waals surface area contributed by atoms with Gasteiger partial charge in [0.25, 0.3) is 0 Å². The van der Waals surface area contributed by atoms with Gasteiger partial charge in [-0.1, -0.05) is 49.4 Å². The monoisotopic (exact) mass is 287 g/mol. The predicted octanol–water partition coefficient (Wildman–Crippen LogP) is 5.38. The number of hydrogen-bond acceptors (Lipinski definition) is 1. The summed E-state index contributed by atoms with van der Waals surface area (Å²) < 4.78 is 0. The van der Waals surface area contributed by atoms with Crippen molar-refractivity contribution in [2.75, 3.05) is 0 Å². The summed E-state index contributed by atoms with van der Waals surface area (Å²) in [6.07, 6.45) is 2.40. The van der Waals surface area contributed by atoms with Crippen LogP contribution >= 0.6 is 0 Å². The van der Waals surface area contributed by atoms with Crippen LogP contribution in [-0.4, -0.2) is 4.98 Å². The van der Waals surface area contributed by atoms with Gasteiger partial charge in [-0.3, -0.25) is 4.98 Å². The molecule has 2 aromatic carbocycles. The molecule has 1 nitrogen and oxygen atoms in total. The Labute approximate surface area is 132 Å². The Bertz CT molecular complexity index is 834. The number of aromatic nitrogens is 1. The fourth-order valence-electron chi connectivity index (χ4n) is 4.01. The summed E-state index contributed by atoms with van der Waals surface area (Å²) >= 11 is 0. The van der Waals surface area contributed by atoms with Crippen LogP contribution in [0.1, 0.15) is 47.6 Å². The molecule has 0 saturated carbocycles. The second-order valence-electron chi connectivity index (χ2n) is 6.49. The van der Waals surface area contributed by atoms with Gasteiger partial charge in [0.15, 0.2) is 0 Å². The molecule has 1 heteroatoms. The SMILES string of the molecule is Cc1nc2ccccc2cc1C1CCc2ccccc2[C@H]1C. The molecule has 3 aromatic rings. The summed E-state index contributed by atoms with van der Waals surface area (Å²) in [6, 6.07) is 19.7. The lowest BCUT2D eigenvalue weighted by Gasteiger charge is -2.32. The average Bonchev–Trinajstić information content (AvgIpc) is 2.55. The molecule has 22 heavy (non-hydrogen) atoms. The lowest BCUT2D eigenvalue weighted by Crippen LogP contribution is -2.18. The maximum absolute atomic E-state index is 4.84. The van der Waals surface area contributed by atoms with E-state index in [9.17, 15) is 0 Å². The first kappa shape index (κ1) is 13.5. The zero-order valence-corrected chi connectivity index (χ0v) is 13.2. The molecule has 0 amide bonds. The van der Waals surface area contributed by atoms with Crippen LogP contribution in [0.3, 0.4) is 0 Å². The van der Waals surface area contributed by atoms with E-state index in [1.165, 1.54) is 40.6 Å². The first-order valence-corrected chi connectivity index (χ1v) is 8.18. The Morgan fingerprint density at radius 1 is 0.955 bits per heavy atom. The molecule has 2 atom stereocenters. The van der Waals surface area contributed by atoms with E-state index in [0.29, 0.717) is 11.8 Å². The topological polar surface area (TPSA) is 12.9 Å². The van der Waals surface area contributed by atoms with Crippen molar-refractivity contribution in [3.05, 3.63) is 77.0 Å². The average molecular weight is 287 g/mol. The van der Waals surface area contributed by atoms with Crippen molar-refractivity contribution in [2.45, 2.75) is 38.5 Å². The highest BCUT2D eigenvalue weighted by Gasteiger charge is 2.28. The summed E-state index contributed by atoms with van der Waals surface area (Å²) in [7, 11) is 0. The number of aryl methyl sites for hydroxylation is 2. The largest absolute Gasteiger partial charge is 0.253 e. The molecule has 1 unspecified atom stereocenters. The molecule has 0 aliphatic heterocycles. The number of fused-ring (bicyclic) bond motifs is 2. The normalized spacial score (nSPS) is 20.8. The van der Waals surface area contributed by atoms with Crippen LogP contribution in [0.2, 0.25) is 0 Å². The van der Waals surface area contributed by atoms with Gasteiger partial charge < -0.3 is 0 Å². The molecule has 1 aliphatic rings. The van der Waals surface area contributed by atoms with Gasteiger partial charge in [0.1, 0.15) is 0 Å². The van der Waals surface area contributed by atoms with Gasteiger partial charge in [0, 0.05) is 11.1 Å². The van der Waals surface area contributed by atoms with Crippen LogP contribution in [0.5, 0.6) is 0 Å². The van der Waals surface area contributed by atoms with E-state index < -0.39 is 0 Å². The quantitative estimate of drug-likeness (QED) is 0.586. The maximum atomic E-state index is 4.84. The minimum absolute atomic E-state index is 0.562. The minimum atomic E-state index is 0.562. The molecule has 0 fully saturated rings.